The first-order chi connectivity index (χ1) is 8.42. The lowest BCUT2D eigenvalue weighted by Crippen LogP contribution is -2.31. The van der Waals surface area contributed by atoms with Crippen LogP contribution in [0.4, 0.5) is 0 Å². The Morgan fingerprint density at radius 1 is 1.22 bits per heavy atom. The van der Waals surface area contributed by atoms with Crippen LogP contribution in [0, 0.1) is 0 Å². The first kappa shape index (κ1) is 14.7. The van der Waals surface area contributed by atoms with Crippen LogP contribution in [0.3, 0.4) is 0 Å². The Hall–Kier alpha value is -1.35. The van der Waals surface area contributed by atoms with Gasteiger partial charge >= 0.3 is 0 Å². The van der Waals surface area contributed by atoms with Crippen LogP contribution >= 0.6 is 0 Å². The minimum Gasteiger partial charge on any atom is -0.366 e. The van der Waals surface area contributed by atoms with Crippen molar-refractivity contribution in [1.29, 1.82) is 0 Å². The zero-order valence-corrected chi connectivity index (χ0v) is 11.7. The highest BCUT2D eigenvalue weighted by Crippen LogP contribution is 2.09. The summed E-state index contributed by atoms with van der Waals surface area (Å²) in [5.41, 5.74) is 2.16. The molecule has 0 aromatic heterocycles. The van der Waals surface area contributed by atoms with Gasteiger partial charge in [0.2, 0.25) is 5.91 Å². The summed E-state index contributed by atoms with van der Waals surface area (Å²) in [6.45, 7) is 8.60. The minimum atomic E-state index is -0.279. The van der Waals surface area contributed by atoms with E-state index in [9.17, 15) is 4.79 Å². The highest BCUT2D eigenvalue weighted by Gasteiger charge is 2.12. The monoisotopic (exact) mass is 249 g/mol. The first-order valence-electron chi connectivity index (χ1n) is 6.40. The van der Waals surface area contributed by atoms with E-state index in [0.717, 1.165) is 6.42 Å². The van der Waals surface area contributed by atoms with Crippen molar-refractivity contribution in [1.82, 2.24) is 5.32 Å². The fraction of sp³-hybridized carbons (Fsp3) is 0.533. The third-order valence-electron chi connectivity index (χ3n) is 2.61. The predicted molar refractivity (Wildman–Crippen MR) is 73.4 cm³/mol. The molecule has 0 unspecified atom stereocenters. The third-order valence-corrected chi connectivity index (χ3v) is 2.61. The minimum absolute atomic E-state index is 0.0733. The molecule has 3 heteroatoms. The van der Waals surface area contributed by atoms with Gasteiger partial charge in [0.15, 0.2) is 0 Å². The molecule has 0 fully saturated rings. The molecule has 0 bridgehead atoms. The summed E-state index contributed by atoms with van der Waals surface area (Å²) in [7, 11) is 0. The molecule has 1 aromatic carbocycles. The smallest absolute Gasteiger partial charge is 0.246 e. The second kappa shape index (κ2) is 6.55. The van der Waals surface area contributed by atoms with Gasteiger partial charge in [0.25, 0.3) is 0 Å². The van der Waals surface area contributed by atoms with Crippen LogP contribution in [0.25, 0.3) is 0 Å². The lowest BCUT2D eigenvalue weighted by Gasteiger charge is -2.19. The maximum atomic E-state index is 11.6. The van der Waals surface area contributed by atoms with Crippen LogP contribution in [0.2, 0.25) is 0 Å². The summed E-state index contributed by atoms with van der Waals surface area (Å²) in [4.78, 5) is 11.6. The number of aryl methyl sites for hydroxylation is 1. The number of hydrogen-bond donors (Lipinski definition) is 1. The number of benzene rings is 1. The van der Waals surface area contributed by atoms with E-state index >= 15 is 0 Å². The van der Waals surface area contributed by atoms with Crippen molar-refractivity contribution in [3.05, 3.63) is 35.4 Å². The summed E-state index contributed by atoms with van der Waals surface area (Å²) in [5.74, 6) is -0.0733. The number of carbonyl (C=O) groups excluding carboxylic acids is 1. The molecule has 1 N–H and O–H groups in total. The van der Waals surface area contributed by atoms with Gasteiger partial charge in [-0.25, -0.2) is 0 Å². The second-order valence-corrected chi connectivity index (χ2v) is 5.30. The van der Waals surface area contributed by atoms with Crippen LogP contribution in [-0.2, 0) is 22.5 Å². The molecule has 100 valence electrons. The Labute approximate surface area is 110 Å². The third kappa shape index (κ3) is 5.32. The van der Waals surface area contributed by atoms with Crippen molar-refractivity contribution in [2.75, 3.05) is 6.61 Å². The Morgan fingerprint density at radius 3 is 2.39 bits per heavy atom. The Morgan fingerprint density at radius 2 is 1.83 bits per heavy atom. The summed E-state index contributed by atoms with van der Waals surface area (Å²) < 4.78 is 5.42. The lowest BCUT2D eigenvalue weighted by atomic mass is 10.1. The zero-order valence-electron chi connectivity index (χ0n) is 11.7. The molecule has 0 aliphatic heterocycles. The Balaban J connectivity index is 2.43. The van der Waals surface area contributed by atoms with E-state index in [1.54, 1.807) is 0 Å². The summed E-state index contributed by atoms with van der Waals surface area (Å²) in [6.07, 6.45) is 0.977. The van der Waals surface area contributed by atoms with E-state index in [1.807, 2.05) is 39.0 Å². The van der Waals surface area contributed by atoms with Crippen LogP contribution < -0.4 is 5.32 Å². The van der Waals surface area contributed by atoms with Crippen molar-refractivity contribution < 1.29 is 9.53 Å². The van der Waals surface area contributed by atoms with E-state index in [2.05, 4.69) is 18.3 Å². The molecule has 1 amide bonds. The van der Waals surface area contributed by atoms with Crippen molar-refractivity contribution in [3.63, 3.8) is 0 Å². The van der Waals surface area contributed by atoms with E-state index in [-0.39, 0.29) is 18.1 Å². The Kier molecular flexibility index (Phi) is 5.35. The molecule has 18 heavy (non-hydrogen) atoms. The number of nitrogens with one attached hydrogen (secondary N) is 1. The topological polar surface area (TPSA) is 38.3 Å². The Bertz CT molecular complexity index is 394. The molecular formula is C15H23NO2. The number of hydrogen-bond acceptors (Lipinski definition) is 2. The molecule has 3 nitrogen and oxygen atoms in total. The van der Waals surface area contributed by atoms with Crippen LogP contribution in [0.5, 0.6) is 0 Å². The number of amides is 1. The van der Waals surface area contributed by atoms with Crippen LogP contribution in [-0.4, -0.2) is 18.1 Å². The molecule has 0 aliphatic rings. The molecule has 0 saturated heterocycles. The van der Waals surface area contributed by atoms with Gasteiger partial charge in [0.1, 0.15) is 6.61 Å². The van der Waals surface area contributed by atoms with E-state index < -0.39 is 0 Å². The van der Waals surface area contributed by atoms with Gasteiger partial charge in [0, 0.05) is 6.54 Å². The van der Waals surface area contributed by atoms with Gasteiger partial charge in [0.05, 0.1) is 5.60 Å². The zero-order chi connectivity index (χ0) is 13.6. The van der Waals surface area contributed by atoms with Crippen molar-refractivity contribution in [3.8, 4) is 0 Å². The molecule has 0 heterocycles. The van der Waals surface area contributed by atoms with Gasteiger partial charge in [-0.05, 0) is 38.3 Å². The van der Waals surface area contributed by atoms with Gasteiger partial charge in [-0.2, -0.15) is 0 Å². The molecule has 0 saturated carbocycles. The highest BCUT2D eigenvalue weighted by atomic mass is 16.5. The molecule has 0 atom stereocenters. The molecule has 0 spiro atoms. The first-order valence-corrected chi connectivity index (χ1v) is 6.40. The molecular weight excluding hydrogens is 226 g/mol. The number of ether oxygens (including phenoxy) is 1. The van der Waals surface area contributed by atoms with E-state index in [1.165, 1.54) is 11.1 Å². The predicted octanol–water partition coefficient (Wildman–Crippen LogP) is 2.68. The lowest BCUT2D eigenvalue weighted by molar-refractivity contribution is -0.130. The highest BCUT2D eigenvalue weighted by molar-refractivity contribution is 5.77. The SMILES string of the molecule is CCc1ccccc1CNC(=O)COC(C)(C)C. The van der Waals surface area contributed by atoms with Gasteiger partial charge in [-0.3, -0.25) is 4.79 Å². The van der Waals surface area contributed by atoms with Crippen molar-refractivity contribution in [2.45, 2.75) is 46.3 Å². The molecule has 1 rings (SSSR count). The quantitative estimate of drug-likeness (QED) is 0.871. The van der Waals surface area contributed by atoms with Gasteiger partial charge in [-0.15, -0.1) is 0 Å². The maximum Gasteiger partial charge on any atom is 0.246 e. The number of rotatable bonds is 5. The van der Waals surface area contributed by atoms with Crippen molar-refractivity contribution in [2.24, 2.45) is 0 Å². The van der Waals surface area contributed by atoms with E-state index in [4.69, 9.17) is 4.74 Å². The van der Waals surface area contributed by atoms with Crippen molar-refractivity contribution >= 4 is 5.91 Å². The normalized spacial score (nSPS) is 11.3. The van der Waals surface area contributed by atoms with Crippen LogP contribution in [0.1, 0.15) is 38.8 Å². The summed E-state index contributed by atoms with van der Waals surface area (Å²) in [6, 6.07) is 8.15. The standard InChI is InChI=1S/C15H23NO2/c1-5-12-8-6-7-9-13(12)10-16-14(17)11-18-15(2,3)4/h6-9H,5,10-11H2,1-4H3,(H,16,17). The maximum absolute atomic E-state index is 11.6. The molecule has 0 aliphatic carbocycles. The van der Waals surface area contributed by atoms with Crippen LogP contribution in [0.15, 0.2) is 24.3 Å². The second-order valence-electron chi connectivity index (χ2n) is 5.30. The average Bonchev–Trinajstić information content (AvgIpc) is 2.33. The summed E-state index contributed by atoms with van der Waals surface area (Å²) in [5, 5.41) is 2.88. The average molecular weight is 249 g/mol. The van der Waals surface area contributed by atoms with E-state index in [0.29, 0.717) is 6.54 Å². The molecule has 0 radical (unpaired) electrons. The fourth-order valence-corrected chi connectivity index (χ4v) is 1.60. The fourth-order valence-electron chi connectivity index (χ4n) is 1.60. The number of carbonyl (C=O) groups is 1. The largest absolute Gasteiger partial charge is 0.366 e. The molecule has 1 aromatic rings. The summed E-state index contributed by atoms with van der Waals surface area (Å²) >= 11 is 0. The van der Waals surface area contributed by atoms with Gasteiger partial charge in [-0.1, -0.05) is 31.2 Å². The van der Waals surface area contributed by atoms with Gasteiger partial charge < -0.3 is 10.1 Å².